The molecule has 0 atom stereocenters. The Kier molecular flexibility index (Phi) is 5.10. The smallest absolute Gasteiger partial charge is 0.255 e. The third-order valence-electron chi connectivity index (χ3n) is 3.92. The average Bonchev–Trinajstić information content (AvgIpc) is 2.83. The lowest BCUT2D eigenvalue weighted by Gasteiger charge is -2.11. The fourth-order valence-electron chi connectivity index (χ4n) is 2.65. The van der Waals surface area contributed by atoms with Crippen molar-refractivity contribution in [1.29, 1.82) is 0 Å². The van der Waals surface area contributed by atoms with Crippen LogP contribution in [0.15, 0.2) is 54.3 Å². The number of ether oxygens (including phenoxy) is 2. The normalized spacial score (nSPS) is 12.5. The van der Waals surface area contributed by atoms with Crippen molar-refractivity contribution < 1.29 is 14.3 Å². The third kappa shape index (κ3) is 3.69. The Hall–Kier alpha value is -2.72. The van der Waals surface area contributed by atoms with Crippen LogP contribution in [0.5, 0.6) is 11.5 Å². The molecule has 5 heteroatoms. The Morgan fingerprint density at radius 3 is 2.84 bits per heavy atom. The molecule has 2 aromatic carbocycles. The predicted octanol–water partition coefficient (Wildman–Crippen LogP) is 4.84. The van der Waals surface area contributed by atoms with Crippen molar-refractivity contribution >= 4 is 29.3 Å². The minimum Gasteiger partial charge on any atom is -0.493 e. The fourth-order valence-corrected chi connectivity index (χ4v) is 2.87. The van der Waals surface area contributed by atoms with Crippen LogP contribution in [-0.2, 0) is 11.2 Å². The van der Waals surface area contributed by atoms with Crippen LogP contribution in [0, 0.1) is 0 Å². The number of aryl methyl sites for hydroxylation is 1. The Bertz CT molecular complexity index is 871. The molecule has 4 nitrogen and oxygen atoms in total. The molecule has 1 amide bonds. The summed E-state index contributed by atoms with van der Waals surface area (Å²) in [6.45, 7) is 2.05. The van der Waals surface area contributed by atoms with Crippen molar-refractivity contribution in [3.63, 3.8) is 0 Å². The van der Waals surface area contributed by atoms with E-state index < -0.39 is 0 Å². The highest BCUT2D eigenvalue weighted by Crippen LogP contribution is 2.37. The molecule has 0 aliphatic carbocycles. The lowest BCUT2D eigenvalue weighted by atomic mass is 10.1. The number of nitrogens with one attached hydrogen (secondary N) is 1. The maximum Gasteiger partial charge on any atom is 0.255 e. The van der Waals surface area contributed by atoms with E-state index in [9.17, 15) is 4.79 Å². The van der Waals surface area contributed by atoms with Crippen LogP contribution in [0.4, 0.5) is 5.69 Å². The number of anilines is 1. The molecule has 25 heavy (non-hydrogen) atoms. The highest BCUT2D eigenvalue weighted by Gasteiger charge is 2.17. The molecule has 0 fully saturated rings. The second-order valence-electron chi connectivity index (χ2n) is 5.51. The SMILES string of the molecule is CCc1ccccc1NC(=O)C1=Cc2cc(Cl)cc(OC)c2OC=C1. The minimum atomic E-state index is -0.215. The fraction of sp³-hybridized carbons (Fsp3) is 0.150. The molecule has 1 N–H and O–H groups in total. The van der Waals surface area contributed by atoms with Gasteiger partial charge in [0.05, 0.1) is 13.4 Å². The number of rotatable bonds is 4. The number of carbonyl (C=O) groups is 1. The van der Waals surface area contributed by atoms with Crippen LogP contribution in [-0.4, -0.2) is 13.0 Å². The van der Waals surface area contributed by atoms with Gasteiger partial charge >= 0.3 is 0 Å². The molecule has 2 aromatic rings. The summed E-state index contributed by atoms with van der Waals surface area (Å²) in [4.78, 5) is 12.7. The highest BCUT2D eigenvalue weighted by atomic mass is 35.5. The summed E-state index contributed by atoms with van der Waals surface area (Å²) < 4.78 is 10.9. The van der Waals surface area contributed by atoms with Crippen molar-refractivity contribution in [2.75, 3.05) is 12.4 Å². The molecule has 0 bridgehead atoms. The maximum absolute atomic E-state index is 12.7. The first-order chi connectivity index (χ1) is 12.1. The number of carbonyl (C=O) groups excluding carboxylic acids is 1. The second-order valence-corrected chi connectivity index (χ2v) is 5.95. The molecular formula is C20H18ClNO3. The summed E-state index contributed by atoms with van der Waals surface area (Å²) in [5, 5.41) is 3.46. The zero-order chi connectivity index (χ0) is 17.8. The maximum atomic E-state index is 12.7. The first-order valence-electron chi connectivity index (χ1n) is 7.94. The molecule has 0 unspecified atom stereocenters. The van der Waals surface area contributed by atoms with Gasteiger partial charge in [0.25, 0.3) is 5.91 Å². The first-order valence-corrected chi connectivity index (χ1v) is 8.32. The molecule has 0 spiro atoms. The van der Waals surface area contributed by atoms with E-state index in [0.717, 1.165) is 17.7 Å². The van der Waals surface area contributed by atoms with Gasteiger partial charge < -0.3 is 14.8 Å². The number of halogens is 1. The Morgan fingerprint density at radius 2 is 2.08 bits per heavy atom. The summed E-state index contributed by atoms with van der Waals surface area (Å²) in [6.07, 6.45) is 5.66. The van der Waals surface area contributed by atoms with Crippen LogP contribution in [0.2, 0.25) is 5.02 Å². The molecular weight excluding hydrogens is 338 g/mol. The zero-order valence-corrected chi connectivity index (χ0v) is 14.8. The van der Waals surface area contributed by atoms with Gasteiger partial charge in [0, 0.05) is 27.9 Å². The topological polar surface area (TPSA) is 47.6 Å². The van der Waals surface area contributed by atoms with Crippen LogP contribution in [0.1, 0.15) is 18.1 Å². The molecule has 1 aliphatic heterocycles. The predicted molar refractivity (Wildman–Crippen MR) is 100 cm³/mol. The van der Waals surface area contributed by atoms with E-state index >= 15 is 0 Å². The molecule has 0 aromatic heterocycles. The molecule has 0 radical (unpaired) electrons. The molecule has 1 heterocycles. The zero-order valence-electron chi connectivity index (χ0n) is 14.0. The van der Waals surface area contributed by atoms with E-state index in [1.54, 1.807) is 31.4 Å². The summed E-state index contributed by atoms with van der Waals surface area (Å²) in [5.41, 5.74) is 3.03. The molecule has 0 saturated heterocycles. The lowest BCUT2D eigenvalue weighted by molar-refractivity contribution is -0.112. The molecule has 128 valence electrons. The largest absolute Gasteiger partial charge is 0.493 e. The van der Waals surface area contributed by atoms with E-state index in [-0.39, 0.29) is 5.91 Å². The van der Waals surface area contributed by atoms with E-state index in [4.69, 9.17) is 21.1 Å². The minimum absolute atomic E-state index is 0.215. The standard InChI is InChI=1S/C20H18ClNO3/c1-3-13-6-4-5-7-17(13)22-20(23)14-8-9-25-19-15(10-14)11-16(21)12-18(19)24-2/h4-12H,3H2,1-2H3,(H,22,23). The first kappa shape index (κ1) is 17.1. The van der Waals surface area contributed by atoms with Gasteiger partial charge in [-0.15, -0.1) is 0 Å². The summed E-state index contributed by atoms with van der Waals surface area (Å²) in [5.74, 6) is 0.828. The van der Waals surface area contributed by atoms with Gasteiger partial charge in [0.1, 0.15) is 0 Å². The third-order valence-corrected chi connectivity index (χ3v) is 4.14. The van der Waals surface area contributed by atoms with E-state index in [2.05, 4.69) is 5.32 Å². The number of amides is 1. The monoisotopic (exact) mass is 355 g/mol. The number of benzene rings is 2. The van der Waals surface area contributed by atoms with Crippen molar-refractivity contribution in [2.24, 2.45) is 0 Å². The van der Waals surface area contributed by atoms with Gasteiger partial charge in [-0.1, -0.05) is 36.7 Å². The number of fused-ring (bicyclic) bond motifs is 1. The van der Waals surface area contributed by atoms with Crippen LogP contribution in [0.3, 0.4) is 0 Å². The Morgan fingerprint density at radius 1 is 1.28 bits per heavy atom. The quantitative estimate of drug-likeness (QED) is 0.853. The summed E-state index contributed by atoms with van der Waals surface area (Å²) >= 11 is 6.12. The Labute approximate surface area is 151 Å². The lowest BCUT2D eigenvalue weighted by Crippen LogP contribution is -2.14. The van der Waals surface area contributed by atoms with E-state index in [1.807, 2.05) is 31.2 Å². The molecule has 1 aliphatic rings. The average molecular weight is 356 g/mol. The number of hydrogen-bond acceptors (Lipinski definition) is 3. The van der Waals surface area contributed by atoms with Crippen LogP contribution >= 0.6 is 11.6 Å². The number of hydrogen-bond donors (Lipinski definition) is 1. The van der Waals surface area contributed by atoms with Gasteiger partial charge in [0.15, 0.2) is 11.5 Å². The van der Waals surface area contributed by atoms with Crippen molar-refractivity contribution in [3.05, 3.63) is 70.5 Å². The highest BCUT2D eigenvalue weighted by molar-refractivity contribution is 6.31. The Balaban J connectivity index is 1.94. The van der Waals surface area contributed by atoms with E-state index in [0.29, 0.717) is 27.7 Å². The number of para-hydroxylation sites is 1. The van der Waals surface area contributed by atoms with Crippen LogP contribution < -0.4 is 14.8 Å². The van der Waals surface area contributed by atoms with E-state index in [1.165, 1.54) is 6.26 Å². The van der Waals surface area contributed by atoms with Crippen molar-refractivity contribution in [3.8, 4) is 11.5 Å². The van der Waals surface area contributed by atoms with Gasteiger partial charge in [-0.25, -0.2) is 0 Å². The van der Waals surface area contributed by atoms with Gasteiger partial charge in [-0.3, -0.25) is 4.79 Å². The number of methoxy groups -OCH3 is 1. The molecule has 0 saturated carbocycles. The second kappa shape index (κ2) is 7.45. The van der Waals surface area contributed by atoms with Crippen LogP contribution in [0.25, 0.3) is 6.08 Å². The molecule has 3 rings (SSSR count). The van der Waals surface area contributed by atoms with Gasteiger partial charge in [-0.2, -0.15) is 0 Å². The summed E-state index contributed by atoms with van der Waals surface area (Å²) in [7, 11) is 1.54. The summed E-state index contributed by atoms with van der Waals surface area (Å²) in [6, 6.07) is 11.1. The van der Waals surface area contributed by atoms with Gasteiger partial charge in [-0.05, 0) is 36.3 Å². The van der Waals surface area contributed by atoms with Crippen molar-refractivity contribution in [2.45, 2.75) is 13.3 Å². The van der Waals surface area contributed by atoms with Crippen molar-refractivity contribution in [1.82, 2.24) is 0 Å². The van der Waals surface area contributed by atoms with Gasteiger partial charge in [0.2, 0.25) is 0 Å².